The van der Waals surface area contributed by atoms with Gasteiger partial charge in [0.25, 0.3) is 0 Å². The molecule has 0 aromatic carbocycles. The normalized spacial score (nSPS) is 16.8. The smallest absolute Gasteiger partial charge is 0.303 e. The molecule has 0 aromatic heterocycles. The minimum absolute atomic E-state index is 0.0277. The van der Waals surface area contributed by atoms with Crippen molar-refractivity contribution in [2.45, 2.75) is 119 Å². The Morgan fingerprint density at radius 1 is 0.519 bits per heavy atom. The van der Waals surface area contributed by atoms with Crippen molar-refractivity contribution in [3.05, 3.63) is 0 Å². The van der Waals surface area contributed by atoms with Crippen molar-refractivity contribution in [3.63, 3.8) is 0 Å². The highest BCUT2D eigenvalue weighted by molar-refractivity contribution is 5.66. The second-order valence-corrected chi connectivity index (χ2v) is 10.5. The maximum absolute atomic E-state index is 9.83. The van der Waals surface area contributed by atoms with Crippen molar-refractivity contribution >= 4 is 37.4 Å². The Morgan fingerprint density at radius 3 is 1.17 bits per heavy atom. The van der Waals surface area contributed by atoms with Gasteiger partial charge in [0.05, 0.1) is 56.4 Å². The summed E-state index contributed by atoms with van der Waals surface area (Å²) in [5, 5.41) is 152. The maximum atomic E-state index is 9.83. The summed E-state index contributed by atoms with van der Waals surface area (Å²) in [4.78, 5) is 58.4. The molecule has 0 spiro atoms. The molecule has 0 radical (unpaired) electrons. The fourth-order valence-electron chi connectivity index (χ4n) is 2.32. The molecular formula is C30H60O24. The van der Waals surface area contributed by atoms with Gasteiger partial charge in [-0.2, -0.15) is 0 Å². The van der Waals surface area contributed by atoms with Gasteiger partial charge in [-0.05, 0) is 26.2 Å². The minimum atomic E-state index is -1.48. The van der Waals surface area contributed by atoms with Crippen LogP contribution in [0.5, 0.6) is 0 Å². The summed E-state index contributed by atoms with van der Waals surface area (Å²) in [7, 11) is 0. The molecule has 0 aliphatic heterocycles. The molecule has 0 bridgehead atoms. The highest BCUT2D eigenvalue weighted by Crippen LogP contribution is 1.97. The van der Waals surface area contributed by atoms with Crippen LogP contribution in [0.15, 0.2) is 0 Å². The van der Waals surface area contributed by atoms with Gasteiger partial charge in [-0.3, -0.25) is 4.79 Å². The molecule has 0 aromatic rings. The van der Waals surface area contributed by atoms with E-state index in [1.807, 2.05) is 0 Å². The molecule has 0 aliphatic rings. The van der Waals surface area contributed by atoms with E-state index in [2.05, 4.69) is 0 Å². The maximum Gasteiger partial charge on any atom is 0.303 e. The van der Waals surface area contributed by atoms with Crippen molar-refractivity contribution in [1.29, 1.82) is 0 Å². The van der Waals surface area contributed by atoms with Crippen LogP contribution in [0.3, 0.4) is 0 Å². The predicted octanol–water partition coefficient (Wildman–Crippen LogP) is -9.35. The van der Waals surface area contributed by atoms with Crippen LogP contribution in [0.4, 0.5) is 0 Å². The summed E-state index contributed by atoms with van der Waals surface area (Å²) in [5.41, 5.74) is 0. The quantitative estimate of drug-likeness (QED) is 0.0426. The van der Waals surface area contributed by atoms with Gasteiger partial charge in [0.15, 0.2) is 18.9 Å². The highest BCUT2D eigenvalue weighted by Gasteiger charge is 2.19. The molecule has 0 saturated carbocycles. The Balaban J connectivity index is -0.000000128. The Kier molecular flexibility index (Phi) is 52.0. The summed E-state index contributed by atoms with van der Waals surface area (Å²) in [6.45, 7) is -0.483. The molecule has 0 heterocycles. The lowest BCUT2D eigenvalue weighted by molar-refractivity contribution is -0.137. The number of hydrogen-bond acceptors (Lipinski definition) is 23. The van der Waals surface area contributed by atoms with Crippen molar-refractivity contribution in [1.82, 2.24) is 0 Å². The molecule has 24 heteroatoms. The van der Waals surface area contributed by atoms with Gasteiger partial charge in [-0.15, -0.1) is 0 Å². The highest BCUT2D eigenvalue weighted by atomic mass is 16.4. The van der Waals surface area contributed by atoms with E-state index < -0.39 is 92.4 Å². The first-order chi connectivity index (χ1) is 25.1. The zero-order valence-corrected chi connectivity index (χ0v) is 29.6. The van der Waals surface area contributed by atoms with Gasteiger partial charge in [0.2, 0.25) is 0 Å². The van der Waals surface area contributed by atoms with E-state index in [9.17, 15) is 28.8 Å². The molecule has 24 nitrogen and oxygen atoms in total. The summed E-state index contributed by atoms with van der Waals surface area (Å²) < 4.78 is 0. The summed E-state index contributed by atoms with van der Waals surface area (Å²) in [6, 6.07) is 0. The number of carboxylic acid groups (broad SMARTS) is 1. The van der Waals surface area contributed by atoms with Crippen LogP contribution >= 0.6 is 0 Å². The third kappa shape index (κ3) is 47.2. The Hall–Kier alpha value is -2.86. The van der Waals surface area contributed by atoms with Gasteiger partial charge in [-0.1, -0.05) is 0 Å². The fraction of sp³-hybridized carbons (Fsp3) is 0.800. The average molecular weight is 805 g/mol. The van der Waals surface area contributed by atoms with Crippen LogP contribution in [-0.2, 0) is 28.8 Å². The van der Waals surface area contributed by atoms with Gasteiger partial charge in [-0.25, -0.2) is 0 Å². The van der Waals surface area contributed by atoms with Gasteiger partial charge >= 0.3 is 5.97 Å². The molecule has 12 atom stereocenters. The number of aliphatic carboxylic acids is 1. The molecule has 324 valence electrons. The molecule has 0 aliphatic carbocycles. The first kappa shape index (κ1) is 63.1. The van der Waals surface area contributed by atoms with Crippen LogP contribution < -0.4 is 0 Å². The summed E-state index contributed by atoms with van der Waals surface area (Å²) >= 11 is 0. The number of carbonyl (C=O) groups is 6. The second kappa shape index (κ2) is 44.5. The number of carboxylic acids is 1. The number of carbonyl (C=O) groups excluding carboxylic acids is 5. The standard InChI is InChI=1S/6C5H10O4/c6-2-4(8)1-5(9)3-7;1-3(7)5(9)4(8)2-6;3*6-2-1-4(8)5(9)3-7;6-3-4(7)1-2-5(8)9/h2,4-5,7-9H,1,3H2;2-5,7-9H,1H3;2*3-6,8-9H,1-2H2;2,4-5,7-9H,1,3H2;4,6-7H,1-3H2,(H,8,9). The molecule has 0 rings (SSSR count). The van der Waals surface area contributed by atoms with E-state index >= 15 is 0 Å². The zero-order valence-electron chi connectivity index (χ0n) is 29.6. The third-order valence-corrected chi connectivity index (χ3v) is 5.65. The molecule has 54 heavy (non-hydrogen) atoms. The van der Waals surface area contributed by atoms with Crippen molar-refractivity contribution in [3.8, 4) is 0 Å². The summed E-state index contributed by atoms with van der Waals surface area (Å²) in [5.74, 6) is -0.956. The van der Waals surface area contributed by atoms with Crippen molar-refractivity contribution < 1.29 is 121 Å². The van der Waals surface area contributed by atoms with Gasteiger partial charge < -0.3 is 116 Å². The van der Waals surface area contributed by atoms with E-state index in [0.717, 1.165) is 0 Å². The largest absolute Gasteiger partial charge is 0.481 e. The van der Waals surface area contributed by atoms with Crippen LogP contribution in [0.1, 0.15) is 45.4 Å². The van der Waals surface area contributed by atoms with Crippen molar-refractivity contribution in [2.24, 2.45) is 0 Å². The monoisotopic (exact) mass is 804 g/mol. The fourth-order valence-corrected chi connectivity index (χ4v) is 2.32. The molecule has 18 N–H and O–H groups in total. The van der Waals surface area contributed by atoms with Gasteiger partial charge in [0.1, 0.15) is 49.2 Å². The lowest BCUT2D eigenvalue weighted by Crippen LogP contribution is -2.36. The van der Waals surface area contributed by atoms with E-state index in [1.54, 1.807) is 0 Å². The lowest BCUT2D eigenvalue weighted by atomic mass is 10.1. The zero-order chi connectivity index (χ0) is 43.8. The molecule has 0 fully saturated rings. The van der Waals surface area contributed by atoms with Crippen molar-refractivity contribution in [2.75, 3.05) is 33.0 Å². The summed E-state index contributed by atoms with van der Waals surface area (Å²) in [6.07, 6.45) is -13.0. The van der Waals surface area contributed by atoms with Gasteiger partial charge in [0, 0.05) is 32.5 Å². The SMILES string of the molecule is CC(O)C(O)C(O)C=O.O=C(O)CCC(O)CO.O=CC(O)C(O)CCO.O=CC(O)C(O)CCO.O=CC(O)CC(O)CO.O=CCC(O)C(O)CO. The first-order valence-electron chi connectivity index (χ1n) is 15.8. The van der Waals surface area contributed by atoms with Crippen LogP contribution in [0, 0.1) is 0 Å². The van der Waals surface area contributed by atoms with Crippen LogP contribution in [-0.4, -0.2) is 236 Å². The average Bonchev–Trinajstić information content (AvgIpc) is 3.16. The lowest BCUT2D eigenvalue weighted by Gasteiger charge is -2.14. The van der Waals surface area contributed by atoms with E-state index in [4.69, 9.17) is 91.9 Å². The Labute approximate surface area is 310 Å². The topological polar surface area (TPSA) is 467 Å². The molecule has 0 saturated heterocycles. The second-order valence-electron chi connectivity index (χ2n) is 10.5. The number of hydrogen-bond donors (Lipinski definition) is 18. The number of aldehydes is 5. The number of aliphatic hydroxyl groups excluding tert-OH is 17. The van der Waals surface area contributed by atoms with E-state index in [0.29, 0.717) is 12.6 Å². The third-order valence-electron chi connectivity index (χ3n) is 5.65. The Morgan fingerprint density at radius 2 is 0.926 bits per heavy atom. The number of aliphatic hydroxyl groups is 17. The van der Waals surface area contributed by atoms with E-state index in [1.165, 1.54) is 6.92 Å². The Bertz CT molecular complexity index is 843. The van der Waals surface area contributed by atoms with Crippen LogP contribution in [0.2, 0.25) is 0 Å². The first-order valence-corrected chi connectivity index (χ1v) is 15.8. The number of rotatable bonds is 23. The minimum Gasteiger partial charge on any atom is -0.481 e. The molecular weight excluding hydrogens is 744 g/mol. The predicted molar refractivity (Wildman–Crippen MR) is 179 cm³/mol. The molecule has 12 unspecified atom stereocenters. The molecule has 0 amide bonds. The van der Waals surface area contributed by atoms with E-state index in [-0.39, 0.29) is 77.2 Å². The van der Waals surface area contributed by atoms with Crippen LogP contribution in [0.25, 0.3) is 0 Å².